The highest BCUT2D eigenvalue weighted by molar-refractivity contribution is 7.89. The number of carbonyl (C=O) groups excluding carboxylic acids is 1. The van der Waals surface area contributed by atoms with E-state index >= 15 is 0 Å². The fraction of sp³-hybridized carbons (Fsp3) is 0.208. The zero-order chi connectivity index (χ0) is 23.1. The van der Waals surface area contributed by atoms with Crippen molar-refractivity contribution in [2.45, 2.75) is 24.3 Å². The molecule has 0 saturated heterocycles. The van der Waals surface area contributed by atoms with Gasteiger partial charge in [0, 0.05) is 5.69 Å². The minimum absolute atomic E-state index is 0.0612. The largest absolute Gasteiger partial charge is 0.497 e. The molecule has 3 aromatic carbocycles. The molecule has 1 amide bonds. The summed E-state index contributed by atoms with van der Waals surface area (Å²) in [5, 5.41) is 2.78. The molecule has 0 heterocycles. The van der Waals surface area contributed by atoms with Gasteiger partial charge in [-0.1, -0.05) is 30.3 Å². The van der Waals surface area contributed by atoms with Gasteiger partial charge in [0.15, 0.2) is 0 Å². The first-order valence-corrected chi connectivity index (χ1v) is 11.5. The topological polar surface area (TPSA) is 93.7 Å². The number of rotatable bonds is 9. The van der Waals surface area contributed by atoms with Gasteiger partial charge < -0.3 is 14.8 Å². The minimum atomic E-state index is -3.96. The van der Waals surface area contributed by atoms with E-state index in [1.54, 1.807) is 44.4 Å². The molecule has 0 bridgehead atoms. The fourth-order valence-electron chi connectivity index (χ4n) is 3.21. The monoisotopic (exact) mass is 454 g/mol. The van der Waals surface area contributed by atoms with E-state index in [2.05, 4.69) is 10.0 Å². The van der Waals surface area contributed by atoms with Gasteiger partial charge >= 0.3 is 0 Å². The molecule has 3 aromatic rings. The molecule has 1 atom stereocenters. The molecule has 0 aromatic heterocycles. The van der Waals surface area contributed by atoms with E-state index in [-0.39, 0.29) is 11.3 Å². The lowest BCUT2D eigenvalue weighted by molar-refractivity contribution is -0.117. The maximum Gasteiger partial charge on any atom is 0.242 e. The third kappa shape index (κ3) is 5.87. The predicted molar refractivity (Wildman–Crippen MR) is 124 cm³/mol. The third-order valence-electron chi connectivity index (χ3n) is 4.93. The summed E-state index contributed by atoms with van der Waals surface area (Å²) in [5.74, 6) is 0.772. The van der Waals surface area contributed by atoms with Gasteiger partial charge in [-0.15, -0.1) is 0 Å². The minimum Gasteiger partial charge on any atom is -0.497 e. The van der Waals surface area contributed by atoms with E-state index < -0.39 is 22.0 Å². The number of amides is 1. The van der Waals surface area contributed by atoms with Crippen LogP contribution < -0.4 is 19.5 Å². The van der Waals surface area contributed by atoms with Gasteiger partial charge in [-0.25, -0.2) is 8.42 Å². The fourth-order valence-corrected chi connectivity index (χ4v) is 4.49. The Morgan fingerprint density at radius 2 is 1.62 bits per heavy atom. The molecule has 8 heteroatoms. The Labute approximate surface area is 188 Å². The van der Waals surface area contributed by atoms with E-state index in [1.807, 2.05) is 30.3 Å². The van der Waals surface area contributed by atoms with Crippen LogP contribution in [0.2, 0.25) is 0 Å². The molecule has 7 nitrogen and oxygen atoms in total. The first kappa shape index (κ1) is 23.3. The normalized spacial score (nSPS) is 12.1. The van der Waals surface area contributed by atoms with Crippen LogP contribution in [0, 0.1) is 6.92 Å². The molecule has 0 aliphatic heterocycles. The first-order valence-electron chi connectivity index (χ1n) is 9.98. The van der Waals surface area contributed by atoms with Gasteiger partial charge in [0.1, 0.15) is 17.5 Å². The summed E-state index contributed by atoms with van der Waals surface area (Å²) < 4.78 is 39.0. The molecule has 0 fully saturated rings. The molecule has 0 unspecified atom stereocenters. The molecule has 0 aliphatic rings. The Balaban J connectivity index is 1.86. The van der Waals surface area contributed by atoms with Gasteiger partial charge in [-0.05, 0) is 66.9 Å². The van der Waals surface area contributed by atoms with Crippen LogP contribution in [0.3, 0.4) is 0 Å². The van der Waals surface area contributed by atoms with Crippen molar-refractivity contribution in [3.63, 3.8) is 0 Å². The number of anilines is 1. The first-order chi connectivity index (χ1) is 15.3. The summed E-state index contributed by atoms with van der Waals surface area (Å²) in [7, 11) is -0.885. The highest BCUT2D eigenvalue weighted by atomic mass is 32.2. The van der Waals surface area contributed by atoms with Crippen molar-refractivity contribution in [3.8, 4) is 11.5 Å². The number of sulfonamides is 1. The third-order valence-corrected chi connectivity index (χ3v) is 6.40. The van der Waals surface area contributed by atoms with Crippen LogP contribution in [0.25, 0.3) is 0 Å². The summed E-state index contributed by atoms with van der Waals surface area (Å²) in [6, 6.07) is 19.6. The van der Waals surface area contributed by atoms with Crippen molar-refractivity contribution in [2.75, 3.05) is 19.5 Å². The smallest absolute Gasteiger partial charge is 0.242 e. The highest BCUT2D eigenvalue weighted by Gasteiger charge is 2.26. The summed E-state index contributed by atoms with van der Waals surface area (Å²) in [4.78, 5) is 13.1. The van der Waals surface area contributed by atoms with Crippen molar-refractivity contribution in [2.24, 2.45) is 0 Å². The second kappa shape index (κ2) is 10.3. The summed E-state index contributed by atoms with van der Waals surface area (Å²) in [6.07, 6.45) is 0.192. The summed E-state index contributed by atoms with van der Waals surface area (Å²) in [6.45, 7) is 1.76. The number of aryl methyl sites for hydroxylation is 1. The van der Waals surface area contributed by atoms with E-state index in [0.717, 1.165) is 5.56 Å². The maximum atomic E-state index is 13.1. The van der Waals surface area contributed by atoms with Crippen LogP contribution >= 0.6 is 0 Å². The van der Waals surface area contributed by atoms with Crippen molar-refractivity contribution < 1.29 is 22.7 Å². The molecule has 0 aliphatic carbocycles. The number of ether oxygens (including phenoxy) is 2. The SMILES string of the molecule is COc1ccc(NC(=O)[C@H](Cc2ccccc2)NS(=O)(=O)c2ccc(OC)c(C)c2)cc1. The molecular formula is C24H26N2O5S. The van der Waals surface area contributed by atoms with E-state index in [1.165, 1.54) is 19.2 Å². The maximum absolute atomic E-state index is 13.1. The number of benzene rings is 3. The lowest BCUT2D eigenvalue weighted by Crippen LogP contribution is -2.45. The Kier molecular flexibility index (Phi) is 7.50. The number of nitrogens with one attached hydrogen (secondary N) is 2. The number of methoxy groups -OCH3 is 2. The van der Waals surface area contributed by atoms with Crippen LogP contribution in [0.4, 0.5) is 5.69 Å². The Morgan fingerprint density at radius 1 is 0.938 bits per heavy atom. The predicted octanol–water partition coefficient (Wildman–Crippen LogP) is 3.54. The van der Waals surface area contributed by atoms with Crippen LogP contribution in [0.1, 0.15) is 11.1 Å². The Hall–Kier alpha value is -3.36. The Morgan fingerprint density at radius 3 is 2.22 bits per heavy atom. The molecule has 0 radical (unpaired) electrons. The van der Waals surface area contributed by atoms with E-state index in [4.69, 9.17) is 9.47 Å². The van der Waals surface area contributed by atoms with Crippen molar-refractivity contribution in [1.29, 1.82) is 0 Å². The second-order valence-electron chi connectivity index (χ2n) is 7.21. The molecule has 32 heavy (non-hydrogen) atoms. The zero-order valence-electron chi connectivity index (χ0n) is 18.2. The van der Waals surface area contributed by atoms with Crippen LogP contribution in [0.5, 0.6) is 11.5 Å². The zero-order valence-corrected chi connectivity index (χ0v) is 19.0. The van der Waals surface area contributed by atoms with Crippen LogP contribution in [-0.2, 0) is 21.2 Å². The van der Waals surface area contributed by atoms with E-state index in [0.29, 0.717) is 22.7 Å². The lowest BCUT2D eigenvalue weighted by atomic mass is 10.1. The van der Waals surface area contributed by atoms with Crippen molar-refractivity contribution in [3.05, 3.63) is 83.9 Å². The van der Waals surface area contributed by atoms with E-state index in [9.17, 15) is 13.2 Å². The number of hydrogen-bond donors (Lipinski definition) is 2. The molecule has 0 spiro atoms. The average Bonchev–Trinajstić information content (AvgIpc) is 2.79. The Bertz CT molecular complexity index is 1160. The van der Waals surface area contributed by atoms with Gasteiger partial charge in [0.05, 0.1) is 19.1 Å². The summed E-state index contributed by atoms with van der Waals surface area (Å²) in [5.41, 5.74) is 2.04. The summed E-state index contributed by atoms with van der Waals surface area (Å²) >= 11 is 0. The van der Waals surface area contributed by atoms with Gasteiger partial charge in [0.25, 0.3) is 0 Å². The van der Waals surface area contributed by atoms with Crippen molar-refractivity contribution in [1.82, 2.24) is 4.72 Å². The average molecular weight is 455 g/mol. The van der Waals surface area contributed by atoms with Gasteiger partial charge in [-0.2, -0.15) is 4.72 Å². The quantitative estimate of drug-likeness (QED) is 0.516. The van der Waals surface area contributed by atoms with Crippen LogP contribution in [0.15, 0.2) is 77.7 Å². The second-order valence-corrected chi connectivity index (χ2v) is 8.93. The van der Waals surface area contributed by atoms with Crippen molar-refractivity contribution >= 4 is 21.6 Å². The standard InChI is InChI=1S/C24H26N2O5S/c1-17-15-21(13-14-23(17)31-3)32(28,29)26-22(16-18-7-5-4-6-8-18)24(27)25-19-9-11-20(30-2)12-10-19/h4-15,22,26H,16H2,1-3H3,(H,25,27)/t22-/m0/s1. The van der Waals surface area contributed by atoms with Crippen LogP contribution in [-0.4, -0.2) is 34.6 Å². The number of hydrogen-bond acceptors (Lipinski definition) is 5. The molecule has 168 valence electrons. The molecule has 0 saturated carbocycles. The van der Waals surface area contributed by atoms with Gasteiger partial charge in [0.2, 0.25) is 15.9 Å². The molecule has 2 N–H and O–H groups in total. The lowest BCUT2D eigenvalue weighted by Gasteiger charge is -2.19. The number of carbonyl (C=O) groups is 1. The van der Waals surface area contributed by atoms with Gasteiger partial charge in [-0.3, -0.25) is 4.79 Å². The molecular weight excluding hydrogens is 428 g/mol. The molecule has 3 rings (SSSR count). The highest BCUT2D eigenvalue weighted by Crippen LogP contribution is 2.22.